The summed E-state index contributed by atoms with van der Waals surface area (Å²) in [6.07, 6.45) is 2.96. The quantitative estimate of drug-likeness (QED) is 0.471. The minimum Gasteiger partial charge on any atom is -0.387 e. The topological polar surface area (TPSA) is 58.2 Å². The van der Waals surface area contributed by atoms with E-state index in [4.69, 9.17) is 0 Å². The van der Waals surface area contributed by atoms with Crippen molar-refractivity contribution in [3.8, 4) is 0 Å². The van der Waals surface area contributed by atoms with E-state index in [9.17, 15) is 14.0 Å². The van der Waals surface area contributed by atoms with E-state index in [2.05, 4.69) is 10.6 Å². The Morgan fingerprint density at radius 1 is 0.929 bits per heavy atom. The van der Waals surface area contributed by atoms with Crippen LogP contribution in [0.2, 0.25) is 0 Å². The van der Waals surface area contributed by atoms with Crippen LogP contribution < -0.4 is 10.6 Å². The molecule has 1 amide bonds. The van der Waals surface area contributed by atoms with Gasteiger partial charge >= 0.3 is 0 Å². The second kappa shape index (κ2) is 8.77. The number of carbonyl (C=O) groups is 2. The summed E-state index contributed by atoms with van der Waals surface area (Å²) in [6.45, 7) is 0. The number of nitrogens with one attached hydrogen (secondary N) is 2. The van der Waals surface area contributed by atoms with Gasteiger partial charge in [-0.15, -0.1) is 0 Å². The van der Waals surface area contributed by atoms with Crippen molar-refractivity contribution in [3.05, 3.63) is 101 Å². The summed E-state index contributed by atoms with van der Waals surface area (Å²) in [5, 5.41) is 5.79. The van der Waals surface area contributed by atoms with Gasteiger partial charge in [-0.25, -0.2) is 4.39 Å². The smallest absolute Gasteiger partial charge is 0.257 e. The zero-order valence-electron chi connectivity index (χ0n) is 15.3. The molecule has 0 radical (unpaired) electrons. The predicted molar refractivity (Wildman–Crippen MR) is 110 cm³/mol. The van der Waals surface area contributed by atoms with Crippen LogP contribution >= 0.6 is 0 Å². The number of hydrogen-bond acceptors (Lipinski definition) is 3. The van der Waals surface area contributed by atoms with Crippen LogP contribution in [0.15, 0.2) is 78.9 Å². The highest BCUT2D eigenvalue weighted by Crippen LogP contribution is 2.17. The van der Waals surface area contributed by atoms with Crippen molar-refractivity contribution in [3.63, 3.8) is 0 Å². The van der Waals surface area contributed by atoms with Gasteiger partial charge in [-0.2, -0.15) is 0 Å². The van der Waals surface area contributed by atoms with Crippen LogP contribution in [0.1, 0.15) is 26.3 Å². The molecule has 0 atom stereocenters. The van der Waals surface area contributed by atoms with Gasteiger partial charge in [0.1, 0.15) is 5.82 Å². The third-order valence-corrected chi connectivity index (χ3v) is 4.14. The van der Waals surface area contributed by atoms with Gasteiger partial charge in [0, 0.05) is 24.0 Å². The lowest BCUT2D eigenvalue weighted by Crippen LogP contribution is -2.14. The number of ketones is 1. The highest BCUT2D eigenvalue weighted by Gasteiger charge is 2.10. The van der Waals surface area contributed by atoms with Gasteiger partial charge in [0.05, 0.1) is 5.56 Å². The molecule has 0 unspecified atom stereocenters. The molecule has 5 heteroatoms. The normalized spacial score (nSPS) is 10.6. The molecule has 28 heavy (non-hydrogen) atoms. The molecule has 4 nitrogen and oxygen atoms in total. The van der Waals surface area contributed by atoms with E-state index in [0.29, 0.717) is 22.4 Å². The van der Waals surface area contributed by atoms with E-state index < -0.39 is 0 Å². The number of hydrogen-bond donors (Lipinski definition) is 2. The second-order valence-electron chi connectivity index (χ2n) is 6.08. The van der Waals surface area contributed by atoms with Crippen LogP contribution in [0.4, 0.5) is 15.8 Å². The standard InChI is InChI=1S/C23H19FN2O2/c1-25-21-8-3-2-7-20(21)23(28)26-19-12-10-17(11-13-19)22(27)14-9-16-5-4-6-18(24)15-16/h2-15,25H,1H3,(H,26,28)/b14-9+. The lowest BCUT2D eigenvalue weighted by molar-refractivity contribution is 0.102. The first kappa shape index (κ1) is 19.0. The van der Waals surface area contributed by atoms with E-state index in [1.54, 1.807) is 61.7 Å². The fourth-order valence-electron chi connectivity index (χ4n) is 2.69. The Hall–Kier alpha value is -3.73. The van der Waals surface area contributed by atoms with E-state index in [0.717, 1.165) is 5.69 Å². The molecular weight excluding hydrogens is 355 g/mol. The fourth-order valence-corrected chi connectivity index (χ4v) is 2.69. The lowest BCUT2D eigenvalue weighted by atomic mass is 10.1. The number of amides is 1. The number of para-hydroxylation sites is 1. The van der Waals surface area contributed by atoms with Gasteiger partial charge in [-0.05, 0) is 60.2 Å². The van der Waals surface area contributed by atoms with Crippen LogP contribution in [-0.4, -0.2) is 18.7 Å². The Bertz CT molecular complexity index is 1030. The largest absolute Gasteiger partial charge is 0.387 e. The summed E-state index contributed by atoms with van der Waals surface area (Å²) in [7, 11) is 1.75. The third-order valence-electron chi connectivity index (χ3n) is 4.14. The summed E-state index contributed by atoms with van der Waals surface area (Å²) in [5.74, 6) is -0.799. The number of halogens is 1. The molecular formula is C23H19FN2O2. The van der Waals surface area contributed by atoms with E-state index >= 15 is 0 Å². The first-order chi connectivity index (χ1) is 13.6. The summed E-state index contributed by atoms with van der Waals surface area (Å²) < 4.78 is 13.2. The van der Waals surface area contributed by atoms with Gasteiger partial charge in [0.25, 0.3) is 5.91 Å². The maximum Gasteiger partial charge on any atom is 0.257 e. The molecule has 0 aromatic heterocycles. The molecule has 3 aromatic carbocycles. The first-order valence-corrected chi connectivity index (χ1v) is 8.73. The van der Waals surface area contributed by atoms with Gasteiger partial charge in [-0.1, -0.05) is 30.3 Å². The van der Waals surface area contributed by atoms with Crippen molar-refractivity contribution in [2.75, 3.05) is 17.7 Å². The highest BCUT2D eigenvalue weighted by atomic mass is 19.1. The van der Waals surface area contributed by atoms with Crippen molar-refractivity contribution in [1.29, 1.82) is 0 Å². The van der Waals surface area contributed by atoms with Gasteiger partial charge in [-0.3, -0.25) is 9.59 Å². The molecule has 0 saturated carbocycles. The van der Waals surface area contributed by atoms with Crippen LogP contribution in [0.5, 0.6) is 0 Å². The van der Waals surface area contributed by atoms with Crippen molar-refractivity contribution in [1.82, 2.24) is 0 Å². The maximum absolute atomic E-state index is 13.2. The zero-order chi connectivity index (χ0) is 19.9. The molecule has 0 fully saturated rings. The predicted octanol–water partition coefficient (Wildman–Crippen LogP) is 5.02. The SMILES string of the molecule is CNc1ccccc1C(=O)Nc1ccc(C(=O)/C=C/c2cccc(F)c2)cc1. The second-order valence-corrected chi connectivity index (χ2v) is 6.08. The van der Waals surface area contributed by atoms with E-state index in [-0.39, 0.29) is 17.5 Å². The Morgan fingerprint density at radius 2 is 1.68 bits per heavy atom. The molecule has 0 aliphatic carbocycles. The number of benzene rings is 3. The minimum absolute atomic E-state index is 0.206. The van der Waals surface area contributed by atoms with Crippen LogP contribution in [-0.2, 0) is 0 Å². The van der Waals surface area contributed by atoms with E-state index in [1.807, 2.05) is 12.1 Å². The average Bonchev–Trinajstić information content (AvgIpc) is 2.72. The summed E-state index contributed by atoms with van der Waals surface area (Å²) in [6, 6.07) is 19.8. The molecule has 0 spiro atoms. The summed E-state index contributed by atoms with van der Waals surface area (Å²) in [5.41, 5.74) is 2.93. The molecule has 0 aliphatic rings. The maximum atomic E-state index is 13.2. The van der Waals surface area contributed by atoms with Crippen molar-refractivity contribution < 1.29 is 14.0 Å². The monoisotopic (exact) mass is 374 g/mol. The molecule has 2 N–H and O–H groups in total. The summed E-state index contributed by atoms with van der Waals surface area (Å²) in [4.78, 5) is 24.7. The lowest BCUT2D eigenvalue weighted by Gasteiger charge is -2.10. The number of carbonyl (C=O) groups excluding carboxylic acids is 2. The average molecular weight is 374 g/mol. The highest BCUT2D eigenvalue weighted by molar-refractivity contribution is 6.09. The Balaban J connectivity index is 1.67. The van der Waals surface area contributed by atoms with Gasteiger partial charge in [0.15, 0.2) is 5.78 Å². The Kier molecular flexibility index (Phi) is 5.97. The fraction of sp³-hybridized carbons (Fsp3) is 0.0435. The van der Waals surface area contributed by atoms with Crippen molar-refractivity contribution in [2.45, 2.75) is 0 Å². The number of allylic oxidation sites excluding steroid dienone is 1. The summed E-state index contributed by atoms with van der Waals surface area (Å²) >= 11 is 0. The van der Waals surface area contributed by atoms with Crippen LogP contribution in [0.25, 0.3) is 6.08 Å². The van der Waals surface area contributed by atoms with Crippen molar-refractivity contribution in [2.24, 2.45) is 0 Å². The molecule has 140 valence electrons. The van der Waals surface area contributed by atoms with Crippen LogP contribution in [0.3, 0.4) is 0 Å². The van der Waals surface area contributed by atoms with Gasteiger partial charge in [0.2, 0.25) is 0 Å². The molecule has 3 aromatic rings. The molecule has 0 aliphatic heterocycles. The molecule has 3 rings (SSSR count). The Morgan fingerprint density at radius 3 is 2.39 bits per heavy atom. The Labute approximate surface area is 162 Å². The molecule has 0 heterocycles. The zero-order valence-corrected chi connectivity index (χ0v) is 15.3. The number of rotatable bonds is 6. The third kappa shape index (κ3) is 4.71. The molecule has 0 saturated heterocycles. The number of anilines is 2. The van der Waals surface area contributed by atoms with Crippen molar-refractivity contribution >= 4 is 29.1 Å². The first-order valence-electron chi connectivity index (χ1n) is 8.73. The minimum atomic E-state index is -0.352. The van der Waals surface area contributed by atoms with Crippen LogP contribution in [0, 0.1) is 5.82 Å². The van der Waals surface area contributed by atoms with E-state index in [1.165, 1.54) is 18.2 Å². The van der Waals surface area contributed by atoms with Gasteiger partial charge < -0.3 is 10.6 Å². The molecule has 0 bridgehead atoms.